The number of rotatable bonds is 4. The lowest BCUT2D eigenvalue weighted by atomic mass is 9.95. The fourth-order valence-corrected chi connectivity index (χ4v) is 3.72. The van der Waals surface area contributed by atoms with E-state index in [1.165, 1.54) is 0 Å². The molecule has 6 nitrogen and oxygen atoms in total. The van der Waals surface area contributed by atoms with Crippen molar-refractivity contribution in [2.75, 3.05) is 26.2 Å². The van der Waals surface area contributed by atoms with E-state index in [0.29, 0.717) is 11.6 Å². The molecule has 0 spiro atoms. The summed E-state index contributed by atoms with van der Waals surface area (Å²) in [7, 11) is 0. The Labute approximate surface area is 159 Å². The lowest BCUT2D eigenvalue weighted by Crippen LogP contribution is -2.50. The molecule has 26 heavy (non-hydrogen) atoms. The van der Waals surface area contributed by atoms with Crippen LogP contribution in [0.2, 0.25) is 5.02 Å². The second kappa shape index (κ2) is 9.24. The zero-order valence-corrected chi connectivity index (χ0v) is 15.7. The summed E-state index contributed by atoms with van der Waals surface area (Å²) >= 11 is 5.86. The molecule has 2 saturated heterocycles. The first-order valence-corrected chi connectivity index (χ1v) is 9.78. The van der Waals surface area contributed by atoms with Crippen LogP contribution in [0.5, 0.6) is 0 Å². The van der Waals surface area contributed by atoms with Crippen LogP contribution in [0.1, 0.15) is 31.2 Å². The van der Waals surface area contributed by atoms with E-state index in [1.807, 2.05) is 29.2 Å². The highest BCUT2D eigenvalue weighted by molar-refractivity contribution is 6.30. The average Bonchev–Trinajstić information content (AvgIpc) is 2.68. The van der Waals surface area contributed by atoms with Gasteiger partial charge in [-0.25, -0.2) is 4.79 Å². The Morgan fingerprint density at radius 3 is 2.38 bits per heavy atom. The van der Waals surface area contributed by atoms with E-state index in [0.717, 1.165) is 57.4 Å². The summed E-state index contributed by atoms with van der Waals surface area (Å²) in [6.45, 7) is 3.79. The number of amides is 3. The number of hydrogen-bond donors (Lipinski definition) is 3. The predicted octanol–water partition coefficient (Wildman–Crippen LogP) is 2.13. The van der Waals surface area contributed by atoms with Gasteiger partial charge in [0.15, 0.2) is 0 Å². The van der Waals surface area contributed by atoms with E-state index in [1.54, 1.807) is 0 Å². The van der Waals surface area contributed by atoms with Crippen LogP contribution in [0.15, 0.2) is 24.3 Å². The van der Waals surface area contributed by atoms with Crippen molar-refractivity contribution in [3.8, 4) is 0 Å². The van der Waals surface area contributed by atoms with Gasteiger partial charge in [0.1, 0.15) is 0 Å². The van der Waals surface area contributed by atoms with Gasteiger partial charge in [0.05, 0.1) is 0 Å². The van der Waals surface area contributed by atoms with Gasteiger partial charge in [0.25, 0.3) is 0 Å². The molecule has 2 aliphatic heterocycles. The molecule has 142 valence electrons. The summed E-state index contributed by atoms with van der Waals surface area (Å²) in [6, 6.07) is 7.37. The van der Waals surface area contributed by atoms with Crippen LogP contribution in [0.3, 0.4) is 0 Å². The Bertz CT molecular complexity index is 608. The number of carbonyl (C=O) groups excluding carboxylic acids is 2. The molecule has 1 aromatic rings. The van der Waals surface area contributed by atoms with Crippen LogP contribution in [-0.2, 0) is 11.3 Å². The molecule has 0 atom stereocenters. The fraction of sp³-hybridized carbons (Fsp3) is 0.579. The molecule has 0 aliphatic carbocycles. The molecule has 3 amide bonds. The number of halogens is 1. The summed E-state index contributed by atoms with van der Waals surface area (Å²) < 4.78 is 0. The predicted molar refractivity (Wildman–Crippen MR) is 102 cm³/mol. The zero-order valence-electron chi connectivity index (χ0n) is 15.0. The molecular weight excluding hydrogens is 352 g/mol. The van der Waals surface area contributed by atoms with E-state index >= 15 is 0 Å². The molecule has 3 rings (SSSR count). The normalized spacial score (nSPS) is 19.2. The number of urea groups is 1. The van der Waals surface area contributed by atoms with Crippen LogP contribution in [-0.4, -0.2) is 49.1 Å². The van der Waals surface area contributed by atoms with Crippen LogP contribution in [0.4, 0.5) is 4.79 Å². The van der Waals surface area contributed by atoms with Crippen LogP contribution in [0.25, 0.3) is 0 Å². The highest BCUT2D eigenvalue weighted by atomic mass is 35.5. The smallest absolute Gasteiger partial charge is 0.315 e. The minimum absolute atomic E-state index is 0.122. The first-order chi connectivity index (χ1) is 12.6. The van der Waals surface area contributed by atoms with E-state index in [-0.39, 0.29) is 23.9 Å². The van der Waals surface area contributed by atoms with E-state index < -0.39 is 0 Å². The molecule has 0 radical (unpaired) electrons. The van der Waals surface area contributed by atoms with Gasteiger partial charge in [0.2, 0.25) is 5.91 Å². The molecule has 0 saturated carbocycles. The van der Waals surface area contributed by atoms with Gasteiger partial charge in [0, 0.05) is 36.6 Å². The second-order valence-electron chi connectivity index (χ2n) is 7.08. The van der Waals surface area contributed by atoms with Crippen LogP contribution in [0, 0.1) is 5.92 Å². The molecule has 2 heterocycles. The first-order valence-electron chi connectivity index (χ1n) is 9.40. The average molecular weight is 379 g/mol. The van der Waals surface area contributed by atoms with Crippen molar-refractivity contribution >= 4 is 23.5 Å². The fourth-order valence-electron chi connectivity index (χ4n) is 3.59. The quantitative estimate of drug-likeness (QED) is 0.751. The second-order valence-corrected chi connectivity index (χ2v) is 7.51. The van der Waals surface area contributed by atoms with Gasteiger partial charge in [-0.05, 0) is 56.5 Å². The van der Waals surface area contributed by atoms with Crippen molar-refractivity contribution in [1.82, 2.24) is 20.9 Å². The Hall–Kier alpha value is -1.79. The largest absolute Gasteiger partial charge is 0.342 e. The summed E-state index contributed by atoms with van der Waals surface area (Å²) in [5, 5.41) is 9.87. The lowest BCUT2D eigenvalue weighted by Gasteiger charge is -2.35. The lowest BCUT2D eigenvalue weighted by molar-refractivity contribution is -0.137. The topological polar surface area (TPSA) is 73.5 Å². The van der Waals surface area contributed by atoms with Gasteiger partial charge in [-0.3, -0.25) is 4.79 Å². The van der Waals surface area contributed by atoms with Crippen LogP contribution < -0.4 is 16.0 Å². The number of nitrogens with one attached hydrogen (secondary N) is 3. The minimum atomic E-state index is -0.164. The van der Waals surface area contributed by atoms with Crippen molar-refractivity contribution in [3.05, 3.63) is 34.9 Å². The van der Waals surface area contributed by atoms with Crippen molar-refractivity contribution in [1.29, 1.82) is 0 Å². The van der Waals surface area contributed by atoms with Gasteiger partial charge in [-0.1, -0.05) is 23.7 Å². The molecular formula is C19H27ClN4O2. The monoisotopic (exact) mass is 378 g/mol. The first kappa shape index (κ1) is 19.0. The number of hydrogen-bond acceptors (Lipinski definition) is 3. The van der Waals surface area contributed by atoms with Gasteiger partial charge >= 0.3 is 6.03 Å². The van der Waals surface area contributed by atoms with Crippen LogP contribution >= 0.6 is 11.6 Å². The summed E-state index contributed by atoms with van der Waals surface area (Å²) in [5.74, 6) is 0.459. The minimum Gasteiger partial charge on any atom is -0.342 e. The van der Waals surface area contributed by atoms with E-state index in [9.17, 15) is 9.59 Å². The van der Waals surface area contributed by atoms with Crippen molar-refractivity contribution in [3.63, 3.8) is 0 Å². The number of carbonyl (C=O) groups is 2. The maximum Gasteiger partial charge on any atom is 0.315 e. The third-order valence-corrected chi connectivity index (χ3v) is 5.45. The molecule has 3 N–H and O–H groups in total. The third-order valence-electron chi connectivity index (χ3n) is 5.20. The number of nitrogens with zero attached hydrogens (tertiary/aromatic N) is 1. The Kier molecular flexibility index (Phi) is 6.74. The number of piperidine rings is 2. The van der Waals surface area contributed by atoms with Gasteiger partial charge < -0.3 is 20.9 Å². The standard InChI is InChI=1S/C19H27ClN4O2/c20-16-3-1-14(2-4-16)13-22-19(26)23-17-7-11-24(12-8-17)18(25)15-5-9-21-10-6-15/h1-4,15,17,21H,5-13H2,(H2,22,23,26). The Morgan fingerprint density at radius 1 is 1.08 bits per heavy atom. The number of benzene rings is 1. The molecule has 7 heteroatoms. The van der Waals surface area contributed by atoms with E-state index in [2.05, 4.69) is 16.0 Å². The van der Waals surface area contributed by atoms with Crippen molar-refractivity contribution in [2.45, 2.75) is 38.3 Å². The summed E-state index contributed by atoms with van der Waals surface area (Å²) in [6.07, 6.45) is 3.49. The molecule has 0 unspecified atom stereocenters. The van der Waals surface area contributed by atoms with Gasteiger partial charge in [-0.2, -0.15) is 0 Å². The van der Waals surface area contributed by atoms with Crippen molar-refractivity contribution < 1.29 is 9.59 Å². The Morgan fingerprint density at radius 2 is 1.73 bits per heavy atom. The molecule has 0 aromatic heterocycles. The van der Waals surface area contributed by atoms with E-state index in [4.69, 9.17) is 11.6 Å². The highest BCUT2D eigenvalue weighted by Crippen LogP contribution is 2.19. The molecule has 2 fully saturated rings. The SMILES string of the molecule is O=C(NCc1ccc(Cl)cc1)NC1CCN(C(=O)C2CCNCC2)CC1. The summed E-state index contributed by atoms with van der Waals surface area (Å²) in [4.78, 5) is 26.6. The molecule has 0 bridgehead atoms. The Balaban J connectivity index is 1.37. The van der Waals surface area contributed by atoms with Gasteiger partial charge in [-0.15, -0.1) is 0 Å². The number of likely N-dealkylation sites (tertiary alicyclic amines) is 1. The summed E-state index contributed by atoms with van der Waals surface area (Å²) in [5.41, 5.74) is 1.01. The maximum atomic E-state index is 12.6. The third kappa shape index (κ3) is 5.35. The zero-order chi connectivity index (χ0) is 18.4. The maximum absolute atomic E-state index is 12.6. The molecule has 1 aromatic carbocycles. The van der Waals surface area contributed by atoms with Crippen molar-refractivity contribution in [2.24, 2.45) is 5.92 Å². The highest BCUT2D eigenvalue weighted by Gasteiger charge is 2.29. The molecule has 2 aliphatic rings.